The van der Waals surface area contributed by atoms with Crippen LogP contribution in [0, 0.1) is 0 Å². The van der Waals surface area contributed by atoms with Crippen LogP contribution in [0.5, 0.6) is 0 Å². The second-order valence-corrected chi connectivity index (χ2v) is 4.56. The van der Waals surface area contributed by atoms with Crippen LogP contribution in [0.1, 0.15) is 19.4 Å². The number of oxime groups is 1. The molecule has 0 amide bonds. The van der Waals surface area contributed by atoms with E-state index >= 15 is 0 Å². The number of halogens is 1. The van der Waals surface area contributed by atoms with Crippen LogP contribution in [0.25, 0.3) is 0 Å². The van der Waals surface area contributed by atoms with Gasteiger partial charge < -0.3 is 9.74 Å². The summed E-state index contributed by atoms with van der Waals surface area (Å²) >= 11 is 3.39. The van der Waals surface area contributed by atoms with Gasteiger partial charge in [0, 0.05) is 11.0 Å². The van der Waals surface area contributed by atoms with Crippen LogP contribution in [-0.2, 0) is 4.84 Å². The molecule has 17 heavy (non-hydrogen) atoms. The van der Waals surface area contributed by atoms with Gasteiger partial charge >= 0.3 is 0 Å². The van der Waals surface area contributed by atoms with Gasteiger partial charge in [-0.1, -0.05) is 47.1 Å². The molecule has 0 atom stereocenters. The Morgan fingerprint density at radius 1 is 1.24 bits per heavy atom. The molecule has 4 heteroatoms. The molecule has 0 bridgehead atoms. The Kier molecular flexibility index (Phi) is 6.89. The van der Waals surface area contributed by atoms with E-state index in [1.54, 1.807) is 6.21 Å². The summed E-state index contributed by atoms with van der Waals surface area (Å²) in [5.74, 6) is 0. The average molecular weight is 299 g/mol. The van der Waals surface area contributed by atoms with Gasteiger partial charge in [0.05, 0.1) is 6.21 Å². The summed E-state index contributed by atoms with van der Waals surface area (Å²) in [5.41, 5.74) is 1.04. The molecule has 0 spiro atoms. The fourth-order valence-electron chi connectivity index (χ4n) is 1.41. The largest absolute Gasteiger partial charge is 0.394 e. The van der Waals surface area contributed by atoms with Gasteiger partial charge in [-0.15, -0.1) is 0 Å². The highest BCUT2D eigenvalue weighted by atomic mass is 79.9. The molecule has 1 rings (SSSR count). The SMILES string of the molecule is CCN(CC)CCO/N=C/c1ccc(Br)cc1. The molecule has 3 nitrogen and oxygen atoms in total. The maximum atomic E-state index is 5.22. The van der Waals surface area contributed by atoms with Crippen LogP contribution in [0.4, 0.5) is 0 Å². The average Bonchev–Trinajstić information content (AvgIpc) is 2.36. The molecule has 0 heterocycles. The first-order valence-corrected chi connectivity index (χ1v) is 6.68. The summed E-state index contributed by atoms with van der Waals surface area (Å²) < 4.78 is 1.07. The van der Waals surface area contributed by atoms with Crippen LogP contribution in [0.3, 0.4) is 0 Å². The Hall–Kier alpha value is -0.870. The normalized spacial score (nSPS) is 11.3. The standard InChI is InChI=1S/C13H19BrN2O/c1-3-16(4-2)9-10-17-15-11-12-5-7-13(14)8-6-12/h5-8,11H,3-4,9-10H2,1-2H3/b15-11+. The van der Waals surface area contributed by atoms with E-state index in [0.717, 1.165) is 29.7 Å². The molecular formula is C13H19BrN2O. The molecule has 0 saturated heterocycles. The number of rotatable bonds is 7. The fraction of sp³-hybridized carbons (Fsp3) is 0.462. The van der Waals surface area contributed by atoms with E-state index in [0.29, 0.717) is 6.61 Å². The van der Waals surface area contributed by atoms with Gasteiger partial charge in [-0.2, -0.15) is 0 Å². The topological polar surface area (TPSA) is 24.8 Å². The third-order valence-electron chi connectivity index (χ3n) is 2.54. The first kappa shape index (κ1) is 14.2. The maximum absolute atomic E-state index is 5.22. The van der Waals surface area contributed by atoms with Crippen LogP contribution in [-0.4, -0.2) is 37.4 Å². The van der Waals surface area contributed by atoms with Crippen molar-refractivity contribution in [2.45, 2.75) is 13.8 Å². The number of benzene rings is 1. The van der Waals surface area contributed by atoms with Gasteiger partial charge in [-0.25, -0.2) is 0 Å². The van der Waals surface area contributed by atoms with E-state index in [-0.39, 0.29) is 0 Å². The number of hydrogen-bond acceptors (Lipinski definition) is 3. The van der Waals surface area contributed by atoms with Gasteiger partial charge in [-0.3, -0.25) is 0 Å². The van der Waals surface area contributed by atoms with Crippen molar-refractivity contribution in [2.24, 2.45) is 5.16 Å². The second kappa shape index (κ2) is 8.25. The van der Waals surface area contributed by atoms with Crippen LogP contribution < -0.4 is 0 Å². The Morgan fingerprint density at radius 3 is 2.47 bits per heavy atom. The molecule has 94 valence electrons. The first-order chi connectivity index (χ1) is 8.26. The summed E-state index contributed by atoms with van der Waals surface area (Å²) in [6.45, 7) is 7.95. The molecule has 0 aliphatic heterocycles. The van der Waals surface area contributed by atoms with Crippen molar-refractivity contribution in [2.75, 3.05) is 26.2 Å². The molecule has 1 aromatic rings. The van der Waals surface area contributed by atoms with E-state index in [2.05, 4.69) is 39.8 Å². The van der Waals surface area contributed by atoms with Crippen molar-refractivity contribution in [3.8, 4) is 0 Å². The third kappa shape index (κ3) is 5.84. The molecule has 0 N–H and O–H groups in total. The molecule has 0 radical (unpaired) electrons. The summed E-state index contributed by atoms with van der Waals surface area (Å²) in [4.78, 5) is 7.52. The van der Waals surface area contributed by atoms with Crippen LogP contribution in [0.2, 0.25) is 0 Å². The zero-order valence-electron chi connectivity index (χ0n) is 10.4. The van der Waals surface area contributed by atoms with E-state index in [1.807, 2.05) is 24.3 Å². The lowest BCUT2D eigenvalue weighted by Crippen LogP contribution is -2.26. The lowest BCUT2D eigenvalue weighted by Gasteiger charge is -2.16. The Morgan fingerprint density at radius 2 is 1.88 bits per heavy atom. The van der Waals surface area contributed by atoms with Gasteiger partial charge in [0.15, 0.2) is 0 Å². The van der Waals surface area contributed by atoms with E-state index in [1.165, 1.54) is 0 Å². The lowest BCUT2D eigenvalue weighted by molar-refractivity contribution is 0.115. The number of hydrogen-bond donors (Lipinski definition) is 0. The zero-order chi connectivity index (χ0) is 12.5. The van der Waals surface area contributed by atoms with Gasteiger partial charge in [-0.05, 0) is 30.8 Å². The smallest absolute Gasteiger partial charge is 0.129 e. The summed E-state index contributed by atoms with van der Waals surface area (Å²) in [7, 11) is 0. The fourth-order valence-corrected chi connectivity index (χ4v) is 1.67. The van der Waals surface area contributed by atoms with Crippen LogP contribution >= 0.6 is 15.9 Å². The minimum absolute atomic E-state index is 0.634. The van der Waals surface area contributed by atoms with Crippen molar-refractivity contribution in [3.63, 3.8) is 0 Å². The Bertz CT molecular complexity index is 334. The highest BCUT2D eigenvalue weighted by molar-refractivity contribution is 9.10. The van der Waals surface area contributed by atoms with E-state index in [9.17, 15) is 0 Å². The highest BCUT2D eigenvalue weighted by Gasteiger charge is 1.97. The molecule has 1 aromatic carbocycles. The molecule has 0 aliphatic rings. The lowest BCUT2D eigenvalue weighted by atomic mass is 10.2. The summed E-state index contributed by atoms with van der Waals surface area (Å²) in [5, 5.41) is 3.94. The molecule has 0 fully saturated rings. The van der Waals surface area contributed by atoms with E-state index < -0.39 is 0 Å². The monoisotopic (exact) mass is 298 g/mol. The van der Waals surface area contributed by atoms with Crippen molar-refractivity contribution in [3.05, 3.63) is 34.3 Å². The maximum Gasteiger partial charge on any atom is 0.129 e. The second-order valence-electron chi connectivity index (χ2n) is 3.65. The van der Waals surface area contributed by atoms with Crippen molar-refractivity contribution < 1.29 is 4.84 Å². The molecule has 0 aromatic heterocycles. The van der Waals surface area contributed by atoms with Crippen molar-refractivity contribution >= 4 is 22.1 Å². The van der Waals surface area contributed by atoms with Crippen LogP contribution in [0.15, 0.2) is 33.9 Å². The molecule has 0 saturated carbocycles. The Labute approximate surface area is 112 Å². The quantitative estimate of drug-likeness (QED) is 0.439. The Balaban J connectivity index is 2.24. The molecule has 0 unspecified atom stereocenters. The minimum atomic E-state index is 0.634. The summed E-state index contributed by atoms with van der Waals surface area (Å²) in [6.07, 6.45) is 1.73. The van der Waals surface area contributed by atoms with E-state index in [4.69, 9.17) is 4.84 Å². The predicted octanol–water partition coefficient (Wildman–Crippen LogP) is 3.14. The van der Waals surface area contributed by atoms with Gasteiger partial charge in [0.25, 0.3) is 0 Å². The van der Waals surface area contributed by atoms with Crippen molar-refractivity contribution in [1.29, 1.82) is 0 Å². The van der Waals surface area contributed by atoms with Gasteiger partial charge in [0.1, 0.15) is 6.61 Å². The first-order valence-electron chi connectivity index (χ1n) is 5.89. The minimum Gasteiger partial charge on any atom is -0.394 e. The van der Waals surface area contributed by atoms with Crippen molar-refractivity contribution in [1.82, 2.24) is 4.90 Å². The zero-order valence-corrected chi connectivity index (χ0v) is 12.0. The molecule has 0 aliphatic carbocycles. The predicted molar refractivity (Wildman–Crippen MR) is 75.5 cm³/mol. The summed E-state index contributed by atoms with van der Waals surface area (Å²) in [6, 6.07) is 7.94. The number of likely N-dealkylation sites (N-methyl/N-ethyl adjacent to an activating group) is 1. The highest BCUT2D eigenvalue weighted by Crippen LogP contribution is 2.08. The number of nitrogens with zero attached hydrogens (tertiary/aromatic N) is 2. The molecular weight excluding hydrogens is 280 g/mol. The van der Waals surface area contributed by atoms with Gasteiger partial charge in [0.2, 0.25) is 0 Å². The third-order valence-corrected chi connectivity index (χ3v) is 3.07.